The van der Waals surface area contributed by atoms with Crippen molar-refractivity contribution < 1.29 is 19.6 Å². The molecule has 144 valence electrons. The molecule has 0 unspecified atom stereocenters. The van der Waals surface area contributed by atoms with Crippen LogP contribution < -0.4 is 9.64 Å². The van der Waals surface area contributed by atoms with E-state index in [1.54, 1.807) is 31.2 Å². The van der Waals surface area contributed by atoms with Crippen molar-refractivity contribution in [1.29, 1.82) is 0 Å². The molecule has 1 amide bonds. The average Bonchev–Trinajstić information content (AvgIpc) is 2.92. The number of anilines is 1. The number of ether oxygens (including phenoxy) is 1. The second-order valence-corrected chi connectivity index (χ2v) is 8.16. The first kappa shape index (κ1) is 20.3. The Bertz CT molecular complexity index is 1010. The van der Waals surface area contributed by atoms with Gasteiger partial charge >= 0.3 is 5.69 Å². The van der Waals surface area contributed by atoms with E-state index in [4.69, 9.17) is 17.0 Å². The summed E-state index contributed by atoms with van der Waals surface area (Å²) in [5.74, 6) is -0.899. The van der Waals surface area contributed by atoms with Crippen LogP contribution >= 0.6 is 39.9 Å². The molecule has 1 saturated heterocycles. The van der Waals surface area contributed by atoms with Crippen LogP contribution in [-0.2, 0) is 4.79 Å². The molecular weight excluding hydrogens is 468 g/mol. The van der Waals surface area contributed by atoms with E-state index in [0.717, 1.165) is 16.2 Å². The van der Waals surface area contributed by atoms with Crippen molar-refractivity contribution in [2.24, 2.45) is 0 Å². The summed E-state index contributed by atoms with van der Waals surface area (Å²) in [5, 5.41) is 21.2. The first-order chi connectivity index (χ1) is 13.3. The number of nitro groups is 1. The van der Waals surface area contributed by atoms with Crippen molar-refractivity contribution in [2.45, 2.75) is 6.92 Å². The van der Waals surface area contributed by atoms with Crippen molar-refractivity contribution in [3.05, 3.63) is 61.5 Å². The Morgan fingerprint density at radius 1 is 1.36 bits per heavy atom. The zero-order valence-corrected chi connectivity index (χ0v) is 17.6. The molecule has 0 spiro atoms. The summed E-state index contributed by atoms with van der Waals surface area (Å²) in [5.41, 5.74) is 0.477. The van der Waals surface area contributed by atoms with Gasteiger partial charge in [0.25, 0.3) is 5.91 Å². The van der Waals surface area contributed by atoms with Crippen LogP contribution in [0.2, 0.25) is 0 Å². The minimum Gasteiger partial charge on any atom is -0.500 e. The third-order valence-corrected chi connectivity index (χ3v) is 5.58. The number of rotatable bonds is 5. The van der Waals surface area contributed by atoms with Gasteiger partial charge in [0.2, 0.25) is 5.75 Å². The highest BCUT2D eigenvalue weighted by molar-refractivity contribution is 9.10. The number of thiocarbonyl (C=S) groups is 1. The van der Waals surface area contributed by atoms with Gasteiger partial charge in [-0.2, -0.15) is 0 Å². The molecule has 3 rings (SSSR count). The molecule has 0 aliphatic carbocycles. The van der Waals surface area contributed by atoms with Crippen LogP contribution in [0.5, 0.6) is 11.5 Å². The largest absolute Gasteiger partial charge is 0.500 e. The molecule has 2 aromatic carbocycles. The van der Waals surface area contributed by atoms with Gasteiger partial charge in [-0.15, -0.1) is 0 Å². The van der Waals surface area contributed by atoms with Gasteiger partial charge in [0.15, 0.2) is 10.1 Å². The van der Waals surface area contributed by atoms with Crippen LogP contribution in [0, 0.1) is 10.1 Å². The summed E-state index contributed by atoms with van der Waals surface area (Å²) in [6, 6.07) is 9.75. The molecular formula is C18H13BrN2O5S2. The van der Waals surface area contributed by atoms with E-state index in [1.165, 1.54) is 23.1 Å². The number of hydrogen-bond donors (Lipinski definition) is 1. The molecule has 1 fully saturated rings. The normalized spacial score (nSPS) is 15.4. The van der Waals surface area contributed by atoms with Crippen molar-refractivity contribution in [2.75, 3.05) is 11.5 Å². The summed E-state index contributed by atoms with van der Waals surface area (Å²) in [4.78, 5) is 25.0. The molecule has 0 radical (unpaired) electrons. The van der Waals surface area contributed by atoms with Crippen molar-refractivity contribution >= 4 is 67.6 Å². The van der Waals surface area contributed by atoms with Gasteiger partial charge in [0.1, 0.15) is 0 Å². The third-order valence-electron chi connectivity index (χ3n) is 3.75. The number of carbonyl (C=O) groups is 1. The summed E-state index contributed by atoms with van der Waals surface area (Å²) in [6.45, 7) is 1.92. The third kappa shape index (κ3) is 4.03. The van der Waals surface area contributed by atoms with Gasteiger partial charge in [-0.25, -0.2) is 0 Å². The molecule has 1 aliphatic rings. The standard InChI is InChI=1S/C18H13BrN2O5S2/c1-2-26-14-8-10(7-13(16(14)22)21(24)25)9-15-17(23)20(18(27)28-15)12-5-3-11(19)4-6-12/h3-9,22H,2H2,1H3/b15-9-. The highest BCUT2D eigenvalue weighted by Crippen LogP contribution is 2.40. The van der Waals surface area contributed by atoms with Crippen molar-refractivity contribution in [3.8, 4) is 11.5 Å². The number of hydrogen-bond acceptors (Lipinski definition) is 7. The molecule has 10 heteroatoms. The monoisotopic (exact) mass is 480 g/mol. The smallest absolute Gasteiger partial charge is 0.315 e. The number of amides is 1. The quantitative estimate of drug-likeness (QED) is 0.282. The maximum Gasteiger partial charge on any atom is 0.315 e. The molecule has 0 atom stereocenters. The minimum atomic E-state index is -0.706. The van der Waals surface area contributed by atoms with Gasteiger partial charge in [-0.05, 0) is 48.9 Å². The van der Waals surface area contributed by atoms with Crippen LogP contribution in [-0.4, -0.2) is 26.9 Å². The Morgan fingerprint density at radius 3 is 2.64 bits per heavy atom. The Morgan fingerprint density at radius 2 is 2.04 bits per heavy atom. The first-order valence-corrected chi connectivity index (χ1v) is 10.0. The Labute approximate surface area is 178 Å². The summed E-state index contributed by atoms with van der Waals surface area (Å²) < 4.78 is 6.50. The Balaban J connectivity index is 1.99. The predicted molar refractivity (Wildman–Crippen MR) is 116 cm³/mol. The predicted octanol–water partition coefficient (Wildman–Crippen LogP) is 4.87. The molecule has 0 saturated carbocycles. The highest BCUT2D eigenvalue weighted by Gasteiger charge is 2.33. The van der Waals surface area contributed by atoms with E-state index in [1.807, 2.05) is 0 Å². The van der Waals surface area contributed by atoms with E-state index >= 15 is 0 Å². The second kappa shape index (κ2) is 8.29. The van der Waals surface area contributed by atoms with E-state index in [0.29, 0.717) is 20.5 Å². The van der Waals surface area contributed by atoms with Crippen LogP contribution in [0.1, 0.15) is 12.5 Å². The molecule has 1 aliphatic heterocycles. The zero-order valence-electron chi connectivity index (χ0n) is 14.4. The number of nitrogens with zero attached hydrogens (tertiary/aromatic N) is 2. The maximum atomic E-state index is 12.8. The fraction of sp³-hybridized carbons (Fsp3) is 0.111. The lowest BCUT2D eigenvalue weighted by Crippen LogP contribution is -2.27. The fourth-order valence-electron chi connectivity index (χ4n) is 2.53. The molecule has 28 heavy (non-hydrogen) atoms. The maximum absolute atomic E-state index is 12.8. The second-order valence-electron chi connectivity index (χ2n) is 5.57. The lowest BCUT2D eigenvalue weighted by Gasteiger charge is -2.14. The molecule has 0 aromatic heterocycles. The van der Waals surface area contributed by atoms with Gasteiger partial charge in [0.05, 0.1) is 22.1 Å². The van der Waals surface area contributed by atoms with Gasteiger partial charge in [-0.3, -0.25) is 19.8 Å². The number of aromatic hydroxyl groups is 1. The number of carbonyl (C=O) groups excluding carboxylic acids is 1. The number of nitro benzene ring substituents is 1. The fourth-order valence-corrected chi connectivity index (χ4v) is 4.10. The zero-order chi connectivity index (χ0) is 20.4. The van der Waals surface area contributed by atoms with Gasteiger partial charge < -0.3 is 9.84 Å². The van der Waals surface area contributed by atoms with E-state index in [9.17, 15) is 20.0 Å². The SMILES string of the molecule is CCOc1cc(/C=C2\SC(=S)N(c3ccc(Br)cc3)C2=O)cc([N+](=O)[O-])c1O. The first-order valence-electron chi connectivity index (χ1n) is 7.99. The van der Waals surface area contributed by atoms with Gasteiger partial charge in [-0.1, -0.05) is 39.9 Å². The summed E-state index contributed by atoms with van der Waals surface area (Å²) >= 11 is 9.77. The molecule has 2 aromatic rings. The van der Waals surface area contributed by atoms with Gasteiger partial charge in [0, 0.05) is 10.5 Å². The number of phenols is 1. The van der Waals surface area contributed by atoms with Crippen LogP contribution in [0.15, 0.2) is 45.8 Å². The van der Waals surface area contributed by atoms with Crippen molar-refractivity contribution in [1.82, 2.24) is 0 Å². The Hall–Kier alpha value is -2.43. The van der Waals surface area contributed by atoms with E-state index in [-0.39, 0.29) is 18.3 Å². The topological polar surface area (TPSA) is 92.9 Å². The van der Waals surface area contributed by atoms with E-state index in [2.05, 4.69) is 15.9 Å². The highest BCUT2D eigenvalue weighted by atomic mass is 79.9. The molecule has 7 nitrogen and oxygen atoms in total. The summed E-state index contributed by atoms with van der Waals surface area (Å²) in [6.07, 6.45) is 1.49. The van der Waals surface area contributed by atoms with Crippen LogP contribution in [0.3, 0.4) is 0 Å². The Kier molecular flexibility index (Phi) is 6.01. The molecule has 0 bridgehead atoms. The minimum absolute atomic E-state index is 0.0219. The van der Waals surface area contributed by atoms with Crippen LogP contribution in [0.25, 0.3) is 6.08 Å². The summed E-state index contributed by atoms with van der Waals surface area (Å²) in [7, 11) is 0. The number of halogens is 1. The number of benzene rings is 2. The average molecular weight is 481 g/mol. The van der Waals surface area contributed by atoms with E-state index < -0.39 is 16.4 Å². The van der Waals surface area contributed by atoms with Crippen LogP contribution in [0.4, 0.5) is 11.4 Å². The lowest BCUT2D eigenvalue weighted by molar-refractivity contribution is -0.386. The number of phenolic OH excluding ortho intramolecular Hbond substituents is 1. The lowest BCUT2D eigenvalue weighted by atomic mass is 10.1. The molecule has 1 heterocycles. The molecule has 1 N–H and O–H groups in total. The van der Waals surface area contributed by atoms with Crippen molar-refractivity contribution in [3.63, 3.8) is 0 Å². The number of thioether (sulfide) groups is 1.